The van der Waals surface area contributed by atoms with Crippen LogP contribution < -0.4 is 5.32 Å². The van der Waals surface area contributed by atoms with E-state index in [1.165, 1.54) is 0 Å². The zero-order valence-electron chi connectivity index (χ0n) is 11.7. The maximum Gasteiger partial charge on any atom is 0.229 e. The van der Waals surface area contributed by atoms with E-state index < -0.39 is 0 Å². The fourth-order valence-electron chi connectivity index (χ4n) is 2.98. The van der Waals surface area contributed by atoms with Crippen molar-refractivity contribution in [1.29, 1.82) is 0 Å². The minimum Gasteiger partial charge on any atom is -0.396 e. The number of hydrogen-bond donors (Lipinski definition) is 2. The molecule has 20 heavy (non-hydrogen) atoms. The van der Waals surface area contributed by atoms with Gasteiger partial charge < -0.3 is 10.4 Å². The van der Waals surface area contributed by atoms with Gasteiger partial charge in [-0.25, -0.2) is 0 Å². The molecule has 0 aromatic rings. The van der Waals surface area contributed by atoms with Gasteiger partial charge in [0.2, 0.25) is 17.7 Å². The molecule has 2 fully saturated rings. The Bertz CT molecular complexity index is 386. The molecule has 0 aromatic heterocycles. The minimum absolute atomic E-state index is 0.0936. The lowest BCUT2D eigenvalue weighted by Gasteiger charge is -2.26. The lowest BCUT2D eigenvalue weighted by Crippen LogP contribution is -2.40. The first-order valence-corrected chi connectivity index (χ1v) is 7.27. The van der Waals surface area contributed by atoms with Crippen molar-refractivity contribution in [3.8, 4) is 0 Å². The van der Waals surface area contributed by atoms with Gasteiger partial charge in [0.25, 0.3) is 0 Å². The zero-order chi connectivity index (χ0) is 14.6. The molecule has 3 amide bonds. The van der Waals surface area contributed by atoms with Crippen molar-refractivity contribution >= 4 is 17.7 Å². The van der Waals surface area contributed by atoms with Crippen LogP contribution in [-0.2, 0) is 14.4 Å². The Labute approximate surface area is 118 Å². The van der Waals surface area contributed by atoms with Gasteiger partial charge in [-0.15, -0.1) is 0 Å². The van der Waals surface area contributed by atoms with Gasteiger partial charge >= 0.3 is 0 Å². The summed E-state index contributed by atoms with van der Waals surface area (Å²) in [5.74, 6) is -0.548. The molecule has 1 aliphatic carbocycles. The summed E-state index contributed by atoms with van der Waals surface area (Å²) in [6.45, 7) is 0.732. The summed E-state index contributed by atoms with van der Waals surface area (Å²) in [6, 6.07) is 0. The van der Waals surface area contributed by atoms with Crippen molar-refractivity contribution in [2.45, 2.75) is 44.9 Å². The van der Waals surface area contributed by atoms with Gasteiger partial charge in [0.1, 0.15) is 0 Å². The van der Waals surface area contributed by atoms with Crippen LogP contribution in [0.3, 0.4) is 0 Å². The summed E-state index contributed by atoms with van der Waals surface area (Å²) in [4.78, 5) is 35.8. The highest BCUT2D eigenvalue weighted by Crippen LogP contribution is 2.36. The molecule has 0 radical (unpaired) electrons. The first-order valence-electron chi connectivity index (χ1n) is 7.27. The first-order chi connectivity index (χ1) is 9.56. The Kier molecular flexibility index (Phi) is 4.75. The standard InChI is InChI=1S/C14H22N2O4/c17-10-14(6-1-2-7-14)9-15-11(18)5-8-16-12(19)3-4-13(16)20/h17H,1-10H2,(H,15,18). The highest BCUT2D eigenvalue weighted by molar-refractivity contribution is 6.02. The van der Waals surface area contributed by atoms with Crippen LogP contribution >= 0.6 is 0 Å². The topological polar surface area (TPSA) is 86.7 Å². The highest BCUT2D eigenvalue weighted by Gasteiger charge is 2.33. The number of rotatable bonds is 6. The number of carbonyl (C=O) groups excluding carboxylic acids is 3. The fraction of sp³-hybridized carbons (Fsp3) is 0.786. The van der Waals surface area contributed by atoms with E-state index in [-0.39, 0.29) is 55.6 Å². The van der Waals surface area contributed by atoms with E-state index in [4.69, 9.17) is 0 Å². The van der Waals surface area contributed by atoms with Gasteiger partial charge in [0.05, 0.1) is 6.61 Å². The van der Waals surface area contributed by atoms with Gasteiger partial charge in [0, 0.05) is 37.8 Å². The highest BCUT2D eigenvalue weighted by atomic mass is 16.3. The summed E-state index contributed by atoms with van der Waals surface area (Å²) in [6.07, 6.45) is 4.71. The average Bonchev–Trinajstić information content (AvgIpc) is 3.03. The van der Waals surface area contributed by atoms with Gasteiger partial charge in [-0.3, -0.25) is 19.3 Å². The molecule has 2 aliphatic rings. The van der Waals surface area contributed by atoms with E-state index in [0.717, 1.165) is 30.6 Å². The summed E-state index contributed by atoms with van der Waals surface area (Å²) < 4.78 is 0. The minimum atomic E-state index is -0.189. The molecule has 2 N–H and O–H groups in total. The molecule has 112 valence electrons. The lowest BCUT2D eigenvalue weighted by molar-refractivity contribution is -0.138. The summed E-state index contributed by atoms with van der Waals surface area (Å²) in [7, 11) is 0. The molecule has 2 rings (SSSR count). The number of aliphatic hydroxyl groups is 1. The van der Waals surface area contributed by atoms with Crippen molar-refractivity contribution in [2.75, 3.05) is 19.7 Å². The number of aliphatic hydroxyl groups excluding tert-OH is 1. The lowest BCUT2D eigenvalue weighted by atomic mass is 9.87. The zero-order valence-corrected chi connectivity index (χ0v) is 11.7. The number of likely N-dealkylation sites (tertiary alicyclic amines) is 1. The smallest absolute Gasteiger partial charge is 0.229 e. The maximum atomic E-state index is 11.8. The van der Waals surface area contributed by atoms with E-state index in [2.05, 4.69) is 5.32 Å². The van der Waals surface area contributed by atoms with Crippen LogP contribution in [0.5, 0.6) is 0 Å². The Balaban J connectivity index is 1.73. The molecular weight excluding hydrogens is 260 g/mol. The van der Waals surface area contributed by atoms with Gasteiger partial charge in [0.15, 0.2) is 0 Å². The molecule has 0 bridgehead atoms. The largest absolute Gasteiger partial charge is 0.396 e. The van der Waals surface area contributed by atoms with Gasteiger partial charge in [-0.1, -0.05) is 12.8 Å². The molecule has 1 saturated heterocycles. The maximum absolute atomic E-state index is 11.8. The molecule has 0 aromatic carbocycles. The SMILES string of the molecule is O=C(CCN1C(=O)CCC1=O)NCC1(CO)CCCC1. The third-order valence-corrected chi connectivity index (χ3v) is 4.38. The second kappa shape index (κ2) is 6.35. The van der Waals surface area contributed by atoms with E-state index >= 15 is 0 Å². The fourth-order valence-corrected chi connectivity index (χ4v) is 2.98. The predicted octanol–water partition coefficient (Wildman–Crippen LogP) is 0.194. The number of nitrogens with zero attached hydrogens (tertiary/aromatic N) is 1. The Morgan fingerprint density at radius 2 is 1.80 bits per heavy atom. The van der Waals surface area contributed by atoms with Crippen molar-refractivity contribution in [1.82, 2.24) is 10.2 Å². The number of amides is 3. The second-order valence-corrected chi connectivity index (χ2v) is 5.83. The van der Waals surface area contributed by atoms with Crippen molar-refractivity contribution in [3.63, 3.8) is 0 Å². The third kappa shape index (κ3) is 3.36. The normalized spacial score (nSPS) is 21.6. The van der Waals surface area contributed by atoms with E-state index in [1.807, 2.05) is 0 Å². The quantitative estimate of drug-likeness (QED) is 0.681. The molecule has 1 saturated carbocycles. The monoisotopic (exact) mass is 282 g/mol. The molecule has 0 spiro atoms. The Hall–Kier alpha value is -1.43. The van der Waals surface area contributed by atoms with Crippen LogP contribution in [0.15, 0.2) is 0 Å². The van der Waals surface area contributed by atoms with Crippen molar-refractivity contribution < 1.29 is 19.5 Å². The van der Waals surface area contributed by atoms with Crippen LogP contribution in [0.25, 0.3) is 0 Å². The van der Waals surface area contributed by atoms with Crippen LogP contribution in [0.2, 0.25) is 0 Å². The number of nitrogens with one attached hydrogen (secondary N) is 1. The molecular formula is C14H22N2O4. The molecule has 6 heteroatoms. The van der Waals surface area contributed by atoms with Crippen molar-refractivity contribution in [2.24, 2.45) is 5.41 Å². The first kappa shape index (κ1) is 15.0. The Morgan fingerprint density at radius 1 is 1.20 bits per heavy atom. The predicted molar refractivity (Wildman–Crippen MR) is 71.6 cm³/mol. The molecule has 6 nitrogen and oxygen atoms in total. The van der Waals surface area contributed by atoms with E-state index in [1.54, 1.807) is 0 Å². The molecule has 0 atom stereocenters. The van der Waals surface area contributed by atoms with Gasteiger partial charge in [-0.05, 0) is 12.8 Å². The third-order valence-electron chi connectivity index (χ3n) is 4.38. The summed E-state index contributed by atoms with van der Waals surface area (Å²) in [5.41, 5.74) is -0.172. The van der Waals surface area contributed by atoms with E-state index in [0.29, 0.717) is 6.54 Å². The number of carbonyl (C=O) groups is 3. The van der Waals surface area contributed by atoms with Crippen molar-refractivity contribution in [3.05, 3.63) is 0 Å². The van der Waals surface area contributed by atoms with Crippen LogP contribution in [0, 0.1) is 5.41 Å². The number of hydrogen-bond acceptors (Lipinski definition) is 4. The summed E-state index contributed by atoms with van der Waals surface area (Å²) in [5, 5.41) is 12.3. The average molecular weight is 282 g/mol. The molecule has 1 aliphatic heterocycles. The molecule has 1 heterocycles. The summed E-state index contributed by atoms with van der Waals surface area (Å²) >= 11 is 0. The number of imide groups is 1. The Morgan fingerprint density at radius 3 is 2.35 bits per heavy atom. The van der Waals surface area contributed by atoms with E-state index in [9.17, 15) is 19.5 Å². The van der Waals surface area contributed by atoms with Crippen LogP contribution in [0.4, 0.5) is 0 Å². The van der Waals surface area contributed by atoms with Gasteiger partial charge in [-0.2, -0.15) is 0 Å². The second-order valence-electron chi connectivity index (χ2n) is 5.83. The van der Waals surface area contributed by atoms with Crippen LogP contribution in [-0.4, -0.2) is 47.4 Å². The molecule has 0 unspecified atom stereocenters. The van der Waals surface area contributed by atoms with Crippen LogP contribution in [0.1, 0.15) is 44.9 Å².